The molecule has 2 aromatic heterocycles. The lowest BCUT2D eigenvalue weighted by Gasteiger charge is -2.22. The summed E-state index contributed by atoms with van der Waals surface area (Å²) in [6, 6.07) is 16.9. The molecule has 0 radical (unpaired) electrons. The van der Waals surface area contributed by atoms with Crippen LogP contribution in [0.5, 0.6) is 5.75 Å². The van der Waals surface area contributed by atoms with Crippen LogP contribution in [0.3, 0.4) is 0 Å². The van der Waals surface area contributed by atoms with E-state index in [1.54, 1.807) is 32.1 Å². The number of carbonyl (C=O) groups excluding carboxylic acids is 1. The van der Waals surface area contributed by atoms with Crippen molar-refractivity contribution >= 4 is 42.6 Å². The van der Waals surface area contributed by atoms with Crippen molar-refractivity contribution in [1.29, 1.82) is 0 Å². The van der Waals surface area contributed by atoms with E-state index in [1.165, 1.54) is 47.0 Å². The van der Waals surface area contributed by atoms with Gasteiger partial charge in [-0.2, -0.15) is 4.31 Å². The molecule has 0 atom stereocenters. The van der Waals surface area contributed by atoms with Gasteiger partial charge in [-0.15, -0.1) is 0 Å². The van der Waals surface area contributed by atoms with Gasteiger partial charge in [0.1, 0.15) is 11.3 Å². The van der Waals surface area contributed by atoms with Gasteiger partial charge in [-0.3, -0.25) is 14.7 Å². The number of fused-ring (bicyclic) bond motifs is 1. The number of amides is 1. The summed E-state index contributed by atoms with van der Waals surface area (Å²) in [7, 11) is -0.535. The first-order valence-corrected chi connectivity index (χ1v) is 13.2. The van der Waals surface area contributed by atoms with Crippen LogP contribution in [0, 0.1) is 0 Å². The quantitative estimate of drug-likeness (QED) is 0.345. The number of pyridine rings is 1. The Bertz CT molecular complexity index is 1440. The van der Waals surface area contributed by atoms with Crippen LogP contribution in [0.15, 0.2) is 71.8 Å². The van der Waals surface area contributed by atoms with Crippen molar-refractivity contribution in [1.82, 2.24) is 14.3 Å². The molecule has 10 heteroatoms. The highest BCUT2D eigenvalue weighted by Gasteiger charge is 2.26. The Hall–Kier alpha value is -3.34. The molecule has 0 aliphatic rings. The predicted octanol–water partition coefficient (Wildman–Crippen LogP) is 4.58. The van der Waals surface area contributed by atoms with Crippen molar-refractivity contribution in [3.8, 4) is 5.75 Å². The number of carbonyl (C=O) groups is 1. The third kappa shape index (κ3) is 5.04. The zero-order chi connectivity index (χ0) is 25.2. The van der Waals surface area contributed by atoms with Gasteiger partial charge in [0.25, 0.3) is 5.91 Å². The molecular formula is C25H26N4O4S2. The van der Waals surface area contributed by atoms with Crippen LogP contribution in [-0.4, -0.2) is 48.8 Å². The number of rotatable bonds is 8. The fourth-order valence-corrected chi connectivity index (χ4v) is 5.79. The van der Waals surface area contributed by atoms with E-state index in [2.05, 4.69) is 4.98 Å². The van der Waals surface area contributed by atoms with E-state index >= 15 is 0 Å². The molecule has 35 heavy (non-hydrogen) atoms. The number of hydrogen-bond donors (Lipinski definition) is 0. The highest BCUT2D eigenvalue weighted by molar-refractivity contribution is 7.89. The average molecular weight is 511 g/mol. The summed E-state index contributed by atoms with van der Waals surface area (Å²) in [5.41, 5.74) is 1.72. The van der Waals surface area contributed by atoms with Crippen molar-refractivity contribution in [3.63, 3.8) is 0 Å². The van der Waals surface area contributed by atoms with Gasteiger partial charge in [-0.25, -0.2) is 13.4 Å². The molecule has 0 spiro atoms. The summed E-state index contributed by atoms with van der Waals surface area (Å²) in [4.78, 5) is 24.4. The van der Waals surface area contributed by atoms with Crippen molar-refractivity contribution < 1.29 is 17.9 Å². The Morgan fingerprint density at radius 1 is 1.06 bits per heavy atom. The molecule has 0 fully saturated rings. The van der Waals surface area contributed by atoms with Crippen LogP contribution in [0.1, 0.15) is 29.9 Å². The maximum absolute atomic E-state index is 13.7. The van der Waals surface area contributed by atoms with Gasteiger partial charge in [0.15, 0.2) is 5.13 Å². The fraction of sp³-hybridized carbons (Fsp3) is 0.240. The van der Waals surface area contributed by atoms with Gasteiger partial charge < -0.3 is 4.74 Å². The number of nitrogens with zero attached hydrogens (tertiary/aromatic N) is 4. The van der Waals surface area contributed by atoms with E-state index in [0.29, 0.717) is 27.7 Å². The molecule has 1 amide bonds. The lowest BCUT2D eigenvalue weighted by molar-refractivity contribution is 0.0984. The largest absolute Gasteiger partial charge is 0.494 e. The summed E-state index contributed by atoms with van der Waals surface area (Å²) in [5.74, 6) is 0.314. The molecule has 0 saturated heterocycles. The Morgan fingerprint density at radius 3 is 2.43 bits per heavy atom. The van der Waals surface area contributed by atoms with Gasteiger partial charge in [0.05, 0.1) is 28.9 Å². The number of anilines is 1. The number of sulfonamides is 1. The lowest BCUT2D eigenvalue weighted by Crippen LogP contribution is -2.33. The van der Waals surface area contributed by atoms with Crippen molar-refractivity contribution in [2.75, 3.05) is 19.1 Å². The molecule has 0 aliphatic heterocycles. The van der Waals surface area contributed by atoms with Crippen molar-refractivity contribution in [2.24, 2.45) is 0 Å². The van der Waals surface area contributed by atoms with Gasteiger partial charge in [0.2, 0.25) is 10.0 Å². The molecule has 4 rings (SSSR count). The number of para-hydroxylation sites is 1. The SMILES string of the molecule is COc1cccc2sc(N(Cc3ccccn3)C(=O)c3ccc(S(=O)(=O)N(C)C(C)C)cc3)nc12. The molecule has 0 bridgehead atoms. The first-order valence-electron chi connectivity index (χ1n) is 11.0. The van der Waals surface area contributed by atoms with Gasteiger partial charge >= 0.3 is 0 Å². The van der Waals surface area contributed by atoms with Gasteiger partial charge in [-0.1, -0.05) is 23.5 Å². The summed E-state index contributed by atoms with van der Waals surface area (Å²) in [6.45, 7) is 3.81. The monoisotopic (exact) mass is 510 g/mol. The third-order valence-electron chi connectivity index (χ3n) is 5.62. The van der Waals surface area contributed by atoms with Crippen molar-refractivity contribution in [3.05, 3.63) is 78.1 Å². The molecule has 182 valence electrons. The molecule has 8 nitrogen and oxygen atoms in total. The molecular weight excluding hydrogens is 484 g/mol. The minimum Gasteiger partial charge on any atom is -0.494 e. The second-order valence-corrected chi connectivity index (χ2v) is 11.2. The van der Waals surface area contributed by atoms with Crippen LogP contribution in [-0.2, 0) is 16.6 Å². The zero-order valence-corrected chi connectivity index (χ0v) is 21.5. The van der Waals surface area contributed by atoms with E-state index in [0.717, 1.165) is 4.70 Å². The summed E-state index contributed by atoms with van der Waals surface area (Å²) < 4.78 is 33.2. The smallest absolute Gasteiger partial charge is 0.260 e. The minimum absolute atomic E-state index is 0.131. The Labute approximate surface area is 208 Å². The van der Waals surface area contributed by atoms with E-state index in [-0.39, 0.29) is 23.4 Å². The predicted molar refractivity (Wildman–Crippen MR) is 137 cm³/mol. The Kier molecular flexibility index (Phi) is 7.15. The van der Waals surface area contributed by atoms with E-state index in [4.69, 9.17) is 9.72 Å². The number of ether oxygens (including phenoxy) is 1. The first-order chi connectivity index (χ1) is 16.7. The Balaban J connectivity index is 1.72. The highest BCUT2D eigenvalue weighted by atomic mass is 32.2. The standard InChI is InChI=1S/C25H26N4O4S2/c1-17(2)28(3)35(31,32)20-13-11-18(12-14-20)24(30)29(16-19-8-5-6-15-26-19)25-27-23-21(33-4)9-7-10-22(23)34-25/h5-15,17H,16H2,1-4H3. The number of hydrogen-bond acceptors (Lipinski definition) is 7. The second kappa shape index (κ2) is 10.1. The van der Waals surface area contributed by atoms with Gasteiger partial charge in [0, 0.05) is 24.8 Å². The molecule has 0 N–H and O–H groups in total. The number of thiazole rings is 1. The van der Waals surface area contributed by atoms with Crippen molar-refractivity contribution in [2.45, 2.75) is 31.3 Å². The maximum Gasteiger partial charge on any atom is 0.260 e. The molecule has 0 saturated carbocycles. The van der Waals surface area contributed by atoms with Crippen LogP contribution in [0.4, 0.5) is 5.13 Å². The van der Waals surface area contributed by atoms with Crippen LogP contribution in [0.2, 0.25) is 0 Å². The van der Waals surface area contributed by atoms with Gasteiger partial charge in [-0.05, 0) is 62.4 Å². The van der Waals surface area contributed by atoms with Crippen LogP contribution >= 0.6 is 11.3 Å². The zero-order valence-electron chi connectivity index (χ0n) is 19.9. The minimum atomic E-state index is -3.65. The molecule has 2 aromatic carbocycles. The molecule has 0 aliphatic carbocycles. The topological polar surface area (TPSA) is 92.7 Å². The molecule has 2 heterocycles. The number of aromatic nitrogens is 2. The average Bonchev–Trinajstić information content (AvgIpc) is 3.31. The lowest BCUT2D eigenvalue weighted by atomic mass is 10.2. The summed E-state index contributed by atoms with van der Waals surface area (Å²) in [5, 5.41) is 0.497. The van der Waals surface area contributed by atoms with Crippen LogP contribution in [0.25, 0.3) is 10.2 Å². The number of benzene rings is 2. The normalized spacial score (nSPS) is 11.8. The highest BCUT2D eigenvalue weighted by Crippen LogP contribution is 2.35. The second-order valence-electron chi connectivity index (χ2n) is 8.16. The van der Waals surface area contributed by atoms with Crippen LogP contribution < -0.4 is 9.64 Å². The first kappa shape index (κ1) is 24.8. The van der Waals surface area contributed by atoms with E-state index in [1.807, 2.05) is 36.4 Å². The maximum atomic E-state index is 13.7. The Morgan fingerprint density at radius 2 is 1.80 bits per heavy atom. The fourth-order valence-electron chi connectivity index (χ4n) is 3.44. The summed E-state index contributed by atoms with van der Waals surface area (Å²) >= 11 is 1.38. The molecule has 0 unspecified atom stereocenters. The van der Waals surface area contributed by atoms with E-state index in [9.17, 15) is 13.2 Å². The summed E-state index contributed by atoms with van der Waals surface area (Å²) in [6.07, 6.45) is 1.67. The molecule has 4 aromatic rings. The third-order valence-corrected chi connectivity index (χ3v) is 8.71. The number of methoxy groups -OCH3 is 1. The van der Waals surface area contributed by atoms with E-state index < -0.39 is 10.0 Å².